The molecule has 0 rings (SSSR count). The van der Waals surface area contributed by atoms with E-state index in [0.717, 1.165) is 13.8 Å². The van der Waals surface area contributed by atoms with Gasteiger partial charge >= 0.3 is 0 Å². The minimum absolute atomic E-state index is 0. The van der Waals surface area contributed by atoms with Crippen molar-refractivity contribution in [2.75, 3.05) is 0 Å². The van der Waals surface area contributed by atoms with E-state index in [0.29, 0.717) is 0 Å². The molecule has 0 amide bonds. The Bertz CT molecular complexity index is 75.3. The molecule has 0 atom stereocenters. The molecule has 0 radical (unpaired) electrons. The Morgan fingerprint density at radius 1 is 1.00 bits per heavy atom. The molecule has 0 aliphatic rings. The summed E-state index contributed by atoms with van der Waals surface area (Å²) in [5.41, 5.74) is 0. The zero-order valence-corrected chi connectivity index (χ0v) is 8.67. The van der Waals surface area contributed by atoms with Crippen LogP contribution in [0.3, 0.4) is 0 Å². The second-order valence-corrected chi connectivity index (χ2v) is 1.04. The summed E-state index contributed by atoms with van der Waals surface area (Å²) in [6.45, 7) is 2.17. The Morgan fingerprint density at radius 3 is 1.00 bits per heavy atom. The van der Waals surface area contributed by atoms with Gasteiger partial charge in [-0.15, -0.1) is 0 Å². The monoisotopic (exact) mass is 328 g/mol. The number of carboxylic acid groups (broad SMARTS) is 2. The molecule has 6 heteroatoms. The molecular formula is C4H8O4PdRu. The molecule has 0 spiro atoms. The molecule has 0 aliphatic carbocycles. The first kappa shape index (κ1) is 22.5. The predicted octanol–water partition coefficient (Wildman–Crippen LogP) is 0.177. The van der Waals surface area contributed by atoms with Crippen LogP contribution in [0.5, 0.6) is 0 Å². The molecule has 0 aromatic rings. The van der Waals surface area contributed by atoms with Crippen LogP contribution in [0.1, 0.15) is 13.8 Å². The number of hydrogen-bond donors (Lipinski definition) is 2. The molecule has 0 saturated heterocycles. The number of carboxylic acids is 2. The average Bonchev–Trinajstić information content (AvgIpc) is 1.25. The fraction of sp³-hybridized carbons (Fsp3) is 0.500. The van der Waals surface area contributed by atoms with Crippen LogP contribution < -0.4 is 0 Å². The maximum atomic E-state index is 9.00. The van der Waals surface area contributed by atoms with Gasteiger partial charge in [0, 0.05) is 53.7 Å². The van der Waals surface area contributed by atoms with Crippen LogP contribution in [0.15, 0.2) is 0 Å². The van der Waals surface area contributed by atoms with Crippen LogP contribution in [-0.4, -0.2) is 22.2 Å². The van der Waals surface area contributed by atoms with Crippen LogP contribution in [0, 0.1) is 0 Å². The summed E-state index contributed by atoms with van der Waals surface area (Å²) in [7, 11) is 0. The van der Waals surface area contributed by atoms with Crippen molar-refractivity contribution in [3.05, 3.63) is 0 Å². The van der Waals surface area contributed by atoms with Crippen LogP contribution in [0.25, 0.3) is 0 Å². The van der Waals surface area contributed by atoms with E-state index in [2.05, 4.69) is 0 Å². The second kappa shape index (κ2) is 16.1. The third-order valence-corrected chi connectivity index (χ3v) is 0. The van der Waals surface area contributed by atoms with Crippen molar-refractivity contribution in [3.8, 4) is 0 Å². The third-order valence-electron chi connectivity index (χ3n) is 0. The van der Waals surface area contributed by atoms with Crippen molar-refractivity contribution in [3.63, 3.8) is 0 Å². The molecular weight excluding hydrogens is 320 g/mol. The molecule has 0 aromatic heterocycles. The minimum atomic E-state index is -0.833. The molecule has 10 heavy (non-hydrogen) atoms. The first-order valence-corrected chi connectivity index (χ1v) is 1.86. The van der Waals surface area contributed by atoms with Crippen molar-refractivity contribution in [2.24, 2.45) is 0 Å². The van der Waals surface area contributed by atoms with E-state index in [1.165, 1.54) is 0 Å². The Hall–Kier alpha value is 0.226. The van der Waals surface area contributed by atoms with Gasteiger partial charge in [0.15, 0.2) is 0 Å². The van der Waals surface area contributed by atoms with Gasteiger partial charge in [0.1, 0.15) is 0 Å². The van der Waals surface area contributed by atoms with Gasteiger partial charge in [-0.25, -0.2) is 0 Å². The fourth-order valence-corrected chi connectivity index (χ4v) is 0. The maximum Gasteiger partial charge on any atom is 0.300 e. The number of hydrogen-bond acceptors (Lipinski definition) is 2. The average molecular weight is 328 g/mol. The van der Waals surface area contributed by atoms with E-state index in [1.807, 2.05) is 0 Å². The number of rotatable bonds is 0. The van der Waals surface area contributed by atoms with Crippen LogP contribution in [-0.2, 0) is 49.5 Å². The van der Waals surface area contributed by atoms with Gasteiger partial charge in [0.05, 0.1) is 0 Å². The van der Waals surface area contributed by atoms with Crippen LogP contribution in [0.4, 0.5) is 0 Å². The van der Waals surface area contributed by atoms with Gasteiger partial charge in [-0.3, -0.25) is 9.59 Å². The molecule has 0 aliphatic heterocycles. The van der Waals surface area contributed by atoms with E-state index >= 15 is 0 Å². The van der Waals surface area contributed by atoms with Crippen molar-refractivity contribution in [1.82, 2.24) is 0 Å². The summed E-state index contributed by atoms with van der Waals surface area (Å²) in [6, 6.07) is 0. The molecule has 0 saturated carbocycles. The maximum absolute atomic E-state index is 9.00. The molecule has 0 bridgehead atoms. The molecule has 2 N–H and O–H groups in total. The van der Waals surface area contributed by atoms with Gasteiger partial charge in [-0.2, -0.15) is 0 Å². The van der Waals surface area contributed by atoms with Gasteiger partial charge < -0.3 is 10.2 Å². The molecule has 0 unspecified atom stereocenters. The molecule has 66 valence electrons. The summed E-state index contributed by atoms with van der Waals surface area (Å²) in [4.78, 5) is 18.0. The topological polar surface area (TPSA) is 74.6 Å². The van der Waals surface area contributed by atoms with E-state index in [-0.39, 0.29) is 39.9 Å². The summed E-state index contributed by atoms with van der Waals surface area (Å²) in [6.07, 6.45) is 0. The summed E-state index contributed by atoms with van der Waals surface area (Å²) < 4.78 is 0. The van der Waals surface area contributed by atoms with Gasteiger partial charge in [0.2, 0.25) is 0 Å². The van der Waals surface area contributed by atoms with Gasteiger partial charge in [-0.1, -0.05) is 0 Å². The smallest absolute Gasteiger partial charge is 0.300 e. The normalized spacial score (nSPS) is 5.00. The van der Waals surface area contributed by atoms with E-state index in [1.54, 1.807) is 0 Å². The Morgan fingerprint density at radius 2 is 1.00 bits per heavy atom. The Labute approximate surface area is 85.4 Å². The third kappa shape index (κ3) is 8430. The van der Waals surface area contributed by atoms with Crippen molar-refractivity contribution in [1.29, 1.82) is 0 Å². The quantitative estimate of drug-likeness (QED) is 0.622. The largest absolute Gasteiger partial charge is 0.481 e. The zero-order valence-electron chi connectivity index (χ0n) is 5.38. The molecule has 0 aromatic carbocycles. The van der Waals surface area contributed by atoms with Crippen molar-refractivity contribution < 1.29 is 59.7 Å². The Balaban J connectivity index is -0.0000000300. The molecule has 0 fully saturated rings. The molecule has 4 nitrogen and oxygen atoms in total. The number of aliphatic carboxylic acids is 2. The van der Waals surface area contributed by atoms with Crippen molar-refractivity contribution in [2.45, 2.75) is 13.8 Å². The summed E-state index contributed by atoms with van der Waals surface area (Å²) >= 11 is 0. The van der Waals surface area contributed by atoms with Crippen LogP contribution >= 0.6 is 0 Å². The minimum Gasteiger partial charge on any atom is -0.481 e. The number of carbonyl (C=O) groups is 2. The van der Waals surface area contributed by atoms with E-state index in [9.17, 15) is 0 Å². The summed E-state index contributed by atoms with van der Waals surface area (Å²) in [5.74, 6) is -1.67. The SMILES string of the molecule is CC(=O)O.CC(=O)O.[Pd].[Ru]. The van der Waals surface area contributed by atoms with Gasteiger partial charge in [-0.05, 0) is 0 Å². The first-order valence-electron chi connectivity index (χ1n) is 1.86. The first-order chi connectivity index (χ1) is 3.46. The van der Waals surface area contributed by atoms with Crippen LogP contribution in [0.2, 0.25) is 0 Å². The summed E-state index contributed by atoms with van der Waals surface area (Å²) in [5, 5.41) is 14.8. The van der Waals surface area contributed by atoms with E-state index < -0.39 is 11.9 Å². The second-order valence-electron chi connectivity index (χ2n) is 1.04. The fourth-order valence-electron chi connectivity index (χ4n) is 0. The zero-order chi connectivity index (χ0) is 7.15. The van der Waals surface area contributed by atoms with Crippen molar-refractivity contribution >= 4 is 11.9 Å². The predicted molar refractivity (Wildman–Crippen MR) is 26.6 cm³/mol. The standard InChI is InChI=1S/2C2H4O2.Pd.Ru/c2*1-2(3)4;;/h2*1H3,(H,3,4);;. The molecule has 0 heterocycles. The Kier molecular flexibility index (Phi) is 36.2. The van der Waals surface area contributed by atoms with E-state index in [4.69, 9.17) is 19.8 Å². The van der Waals surface area contributed by atoms with Gasteiger partial charge in [0.25, 0.3) is 11.9 Å².